The van der Waals surface area contributed by atoms with Crippen molar-refractivity contribution in [3.63, 3.8) is 0 Å². The molecule has 0 aliphatic carbocycles. The fourth-order valence-corrected chi connectivity index (χ4v) is 6.46. The highest BCUT2D eigenvalue weighted by Crippen LogP contribution is 2.36. The number of carbonyl (C=O) groups excluding carboxylic acids is 1. The number of para-hydroxylation sites is 1. The number of sulfonamides is 1. The molecule has 1 aromatic heterocycles. The molecule has 1 fully saturated rings. The second-order valence-electron chi connectivity index (χ2n) is 9.33. The molecule has 2 atom stereocenters. The average Bonchev–Trinajstić information content (AvgIpc) is 3.39. The van der Waals surface area contributed by atoms with Crippen LogP contribution in [0.2, 0.25) is 0 Å². The molecule has 0 unspecified atom stereocenters. The molecule has 2 heterocycles. The van der Waals surface area contributed by atoms with E-state index in [1.54, 1.807) is 18.2 Å². The molecule has 0 saturated carbocycles. The Kier molecular flexibility index (Phi) is 7.51. The third kappa shape index (κ3) is 5.03. The van der Waals surface area contributed by atoms with E-state index >= 15 is 0 Å². The summed E-state index contributed by atoms with van der Waals surface area (Å²) >= 11 is 0. The molecular weight excluding hydrogens is 478 g/mol. The second-order valence-corrected chi connectivity index (χ2v) is 11.2. The minimum Gasteiger partial charge on any atom is -0.494 e. The molecular formula is C27H33N3O5S. The molecule has 1 aliphatic rings. The lowest BCUT2D eigenvalue weighted by atomic mass is 10.1. The van der Waals surface area contributed by atoms with E-state index in [0.29, 0.717) is 30.2 Å². The summed E-state index contributed by atoms with van der Waals surface area (Å²) < 4.78 is 41.6. The van der Waals surface area contributed by atoms with Crippen LogP contribution in [0.15, 0.2) is 53.9 Å². The van der Waals surface area contributed by atoms with Crippen LogP contribution in [-0.4, -0.2) is 54.3 Å². The van der Waals surface area contributed by atoms with E-state index in [9.17, 15) is 13.2 Å². The Morgan fingerprint density at radius 1 is 1.22 bits per heavy atom. The molecule has 0 bridgehead atoms. The first-order valence-electron chi connectivity index (χ1n) is 12.2. The van der Waals surface area contributed by atoms with Crippen LogP contribution in [0.5, 0.6) is 5.75 Å². The van der Waals surface area contributed by atoms with Crippen molar-refractivity contribution < 1.29 is 22.7 Å². The van der Waals surface area contributed by atoms with Crippen LogP contribution in [0, 0.1) is 5.92 Å². The Labute approximate surface area is 212 Å². The minimum atomic E-state index is -3.77. The van der Waals surface area contributed by atoms with Crippen LogP contribution < -0.4 is 4.74 Å². The van der Waals surface area contributed by atoms with Crippen LogP contribution in [0.1, 0.15) is 45.0 Å². The summed E-state index contributed by atoms with van der Waals surface area (Å²) in [7, 11) is -3.77. The number of aromatic nitrogens is 2. The van der Waals surface area contributed by atoms with Crippen molar-refractivity contribution in [1.82, 2.24) is 14.1 Å². The van der Waals surface area contributed by atoms with E-state index in [1.807, 2.05) is 56.6 Å². The van der Waals surface area contributed by atoms with E-state index in [-0.39, 0.29) is 41.9 Å². The van der Waals surface area contributed by atoms with Crippen molar-refractivity contribution >= 4 is 33.0 Å². The Hall–Kier alpha value is -3.17. The highest BCUT2D eigenvalue weighted by atomic mass is 32.2. The van der Waals surface area contributed by atoms with Gasteiger partial charge in [-0.1, -0.05) is 37.8 Å². The van der Waals surface area contributed by atoms with Crippen LogP contribution in [-0.2, 0) is 26.0 Å². The number of rotatable bonds is 9. The number of esters is 1. The molecule has 0 radical (unpaired) electrons. The molecule has 2 aromatic carbocycles. The summed E-state index contributed by atoms with van der Waals surface area (Å²) in [6.07, 6.45) is 1.39. The molecule has 1 saturated heterocycles. The van der Waals surface area contributed by atoms with Crippen molar-refractivity contribution in [3.8, 4) is 5.75 Å². The van der Waals surface area contributed by atoms with Gasteiger partial charge in [-0.05, 0) is 56.5 Å². The zero-order chi connectivity index (χ0) is 26.0. The maximum Gasteiger partial charge on any atom is 0.312 e. The minimum absolute atomic E-state index is 0.00780. The zero-order valence-electron chi connectivity index (χ0n) is 21.2. The molecule has 3 aromatic rings. The van der Waals surface area contributed by atoms with Crippen molar-refractivity contribution in [3.05, 3.63) is 60.3 Å². The van der Waals surface area contributed by atoms with Gasteiger partial charge in [-0.2, -0.15) is 9.40 Å². The largest absolute Gasteiger partial charge is 0.494 e. The molecule has 1 aliphatic heterocycles. The van der Waals surface area contributed by atoms with Crippen LogP contribution in [0.3, 0.4) is 0 Å². The van der Waals surface area contributed by atoms with Gasteiger partial charge in [0.1, 0.15) is 5.75 Å². The summed E-state index contributed by atoms with van der Waals surface area (Å²) in [6, 6.07) is 12.5. The number of hydrogen-bond donors (Lipinski definition) is 0. The second kappa shape index (κ2) is 10.4. The number of hydrogen-bond acceptors (Lipinski definition) is 6. The van der Waals surface area contributed by atoms with Crippen molar-refractivity contribution in [1.29, 1.82) is 0 Å². The number of benzene rings is 2. The fraction of sp³-hybridized carbons (Fsp3) is 0.407. The molecule has 0 amide bonds. The molecule has 192 valence electrons. The predicted octanol–water partition coefficient (Wildman–Crippen LogP) is 4.45. The van der Waals surface area contributed by atoms with Gasteiger partial charge in [0.25, 0.3) is 0 Å². The quantitative estimate of drug-likeness (QED) is 0.394. The maximum absolute atomic E-state index is 13.7. The van der Waals surface area contributed by atoms with E-state index < -0.39 is 10.0 Å². The Balaban J connectivity index is 1.65. The van der Waals surface area contributed by atoms with Gasteiger partial charge in [-0.25, -0.2) is 8.42 Å². The Morgan fingerprint density at radius 2 is 1.97 bits per heavy atom. The predicted molar refractivity (Wildman–Crippen MR) is 139 cm³/mol. The monoisotopic (exact) mass is 511 g/mol. The van der Waals surface area contributed by atoms with Gasteiger partial charge in [0.15, 0.2) is 0 Å². The van der Waals surface area contributed by atoms with Gasteiger partial charge in [0.05, 0.1) is 41.3 Å². The van der Waals surface area contributed by atoms with E-state index in [0.717, 1.165) is 10.9 Å². The number of nitrogens with zero attached hydrogens (tertiary/aromatic N) is 3. The van der Waals surface area contributed by atoms with Gasteiger partial charge in [0, 0.05) is 18.5 Å². The van der Waals surface area contributed by atoms with Gasteiger partial charge >= 0.3 is 5.97 Å². The molecule has 9 heteroatoms. The van der Waals surface area contributed by atoms with E-state index in [4.69, 9.17) is 14.6 Å². The number of carbonyl (C=O) groups is 1. The van der Waals surface area contributed by atoms with E-state index in [2.05, 4.69) is 6.58 Å². The smallest absolute Gasteiger partial charge is 0.312 e. The summed E-state index contributed by atoms with van der Waals surface area (Å²) in [5.74, 6) is 0.274. The van der Waals surface area contributed by atoms with Gasteiger partial charge in [-0.15, -0.1) is 0 Å². The molecule has 8 nitrogen and oxygen atoms in total. The first kappa shape index (κ1) is 25.9. The molecule has 0 spiro atoms. The van der Waals surface area contributed by atoms with Gasteiger partial charge < -0.3 is 9.47 Å². The normalized spacial score (nSPS) is 18.6. The highest BCUT2D eigenvalue weighted by molar-refractivity contribution is 7.89. The third-order valence-corrected chi connectivity index (χ3v) is 8.26. The lowest BCUT2D eigenvalue weighted by Crippen LogP contribution is -2.30. The maximum atomic E-state index is 13.7. The zero-order valence-corrected chi connectivity index (χ0v) is 22.0. The summed E-state index contributed by atoms with van der Waals surface area (Å²) in [5, 5.41) is 5.65. The first-order chi connectivity index (χ1) is 17.1. The molecule has 4 rings (SSSR count). The SMILES string of the molecule is C=Cc1cc(OCC)ccc1S(=O)(=O)N1C[C@@H](C)[C@@H](n2nc(CC(=O)OC(C)C)c3ccccc32)C1. The first-order valence-corrected chi connectivity index (χ1v) is 13.6. The Morgan fingerprint density at radius 3 is 2.67 bits per heavy atom. The van der Waals surface area contributed by atoms with E-state index in [1.165, 1.54) is 10.4 Å². The summed E-state index contributed by atoms with van der Waals surface area (Å²) in [5.41, 5.74) is 2.01. The lowest BCUT2D eigenvalue weighted by Gasteiger charge is -2.19. The van der Waals surface area contributed by atoms with Crippen LogP contribution in [0.25, 0.3) is 17.0 Å². The van der Waals surface area contributed by atoms with Crippen molar-refractivity contribution in [2.24, 2.45) is 5.92 Å². The molecule has 0 N–H and O–H groups in total. The molecule has 36 heavy (non-hydrogen) atoms. The topological polar surface area (TPSA) is 90.7 Å². The number of fused-ring (bicyclic) bond motifs is 1. The Bertz CT molecular complexity index is 1380. The fourth-order valence-electron chi connectivity index (χ4n) is 4.72. The van der Waals surface area contributed by atoms with Gasteiger partial charge in [0.2, 0.25) is 10.0 Å². The highest BCUT2D eigenvalue weighted by Gasteiger charge is 2.40. The lowest BCUT2D eigenvalue weighted by molar-refractivity contribution is -0.146. The van der Waals surface area contributed by atoms with Crippen LogP contribution in [0.4, 0.5) is 0 Å². The van der Waals surface area contributed by atoms with Gasteiger partial charge in [-0.3, -0.25) is 9.48 Å². The summed E-state index contributed by atoms with van der Waals surface area (Å²) in [6.45, 7) is 12.4. The summed E-state index contributed by atoms with van der Waals surface area (Å²) in [4.78, 5) is 12.6. The average molecular weight is 512 g/mol. The van der Waals surface area contributed by atoms with Crippen LogP contribution >= 0.6 is 0 Å². The number of ether oxygens (including phenoxy) is 2. The van der Waals surface area contributed by atoms with Crippen molar-refractivity contribution in [2.75, 3.05) is 19.7 Å². The standard InChI is InChI=1S/C27H33N3O5S/c1-6-20-14-21(34-7-2)12-13-26(20)36(32,33)29-16-19(5)25(17-29)30-24-11-9-8-10-22(24)23(28-30)15-27(31)35-18(3)4/h6,8-14,18-19,25H,1,7,15-17H2,2-5H3/t19-,25+/m1/s1. The third-order valence-electron chi connectivity index (χ3n) is 6.35. The van der Waals surface area contributed by atoms with Crippen molar-refractivity contribution in [2.45, 2.75) is 51.2 Å².